The summed E-state index contributed by atoms with van der Waals surface area (Å²) in [6, 6.07) is 2.64. The van der Waals surface area contributed by atoms with Gasteiger partial charge in [0.1, 0.15) is 5.56 Å². The molecule has 0 radical (unpaired) electrons. The molecule has 0 N–H and O–H groups in total. The molecule has 5 nitrogen and oxygen atoms in total. The summed E-state index contributed by atoms with van der Waals surface area (Å²) in [6.45, 7) is 0. The minimum absolute atomic E-state index is 0.104. The summed E-state index contributed by atoms with van der Waals surface area (Å²) in [5, 5.41) is 19.0. The highest BCUT2D eigenvalue weighted by Gasteiger charge is 2.26. The average Bonchev–Trinajstić information content (AvgIpc) is 2.16. The van der Waals surface area contributed by atoms with Crippen molar-refractivity contribution in [3.05, 3.63) is 31.1 Å². The summed E-state index contributed by atoms with van der Waals surface area (Å²) in [5.41, 5.74) is -1.29. The average molecular weight is 339 g/mol. The Hall–Kier alpha value is -1.37. The van der Waals surface area contributed by atoms with Crippen LogP contribution in [-0.2, 0) is 6.42 Å². The van der Waals surface area contributed by atoms with Crippen LogP contribution in [0.2, 0.25) is 0 Å². The second-order valence-electron chi connectivity index (χ2n) is 2.73. The van der Waals surface area contributed by atoms with Gasteiger partial charge >= 0.3 is 5.69 Å². The molecule has 0 aromatic carbocycles. The second-order valence-corrected chi connectivity index (χ2v) is 3.76. The third kappa shape index (κ3) is 2.60. The Balaban J connectivity index is 3.40. The van der Waals surface area contributed by atoms with Gasteiger partial charge in [-0.2, -0.15) is 5.26 Å². The number of alkyl halides is 2. The summed E-state index contributed by atoms with van der Waals surface area (Å²) in [7, 11) is 0. The number of rotatable bonds is 3. The standard InChI is InChI=1S/C8H4F2IN3O2/c9-7(10)5-3-4(1-2-12)13-8(11)6(5)14(15)16/h3,7H,1H2. The predicted molar refractivity (Wildman–Crippen MR) is 57.9 cm³/mol. The Labute approximate surface area is 102 Å². The van der Waals surface area contributed by atoms with Crippen molar-refractivity contribution in [1.29, 1.82) is 5.26 Å². The van der Waals surface area contributed by atoms with Crippen LogP contribution in [0.5, 0.6) is 0 Å². The van der Waals surface area contributed by atoms with Gasteiger partial charge in [0.15, 0.2) is 3.70 Å². The Morgan fingerprint density at radius 3 is 2.75 bits per heavy atom. The van der Waals surface area contributed by atoms with E-state index >= 15 is 0 Å². The van der Waals surface area contributed by atoms with Gasteiger partial charge in [-0.15, -0.1) is 0 Å². The molecule has 0 saturated heterocycles. The number of nitriles is 1. The van der Waals surface area contributed by atoms with Crippen LogP contribution in [0, 0.1) is 25.1 Å². The lowest BCUT2D eigenvalue weighted by atomic mass is 10.2. The third-order valence-corrected chi connectivity index (χ3v) is 2.46. The highest BCUT2D eigenvalue weighted by Crippen LogP contribution is 2.32. The SMILES string of the molecule is N#CCc1cc(C(F)F)c([N+](=O)[O-])c(I)n1. The maximum atomic E-state index is 12.6. The van der Waals surface area contributed by atoms with Crippen molar-refractivity contribution in [2.75, 3.05) is 0 Å². The molecule has 1 aromatic rings. The smallest absolute Gasteiger partial charge is 0.258 e. The molecule has 1 aromatic heterocycles. The van der Waals surface area contributed by atoms with E-state index in [0.29, 0.717) is 0 Å². The molecule has 0 aliphatic heterocycles. The van der Waals surface area contributed by atoms with E-state index in [4.69, 9.17) is 5.26 Å². The van der Waals surface area contributed by atoms with E-state index in [9.17, 15) is 18.9 Å². The van der Waals surface area contributed by atoms with Gasteiger partial charge in [0.2, 0.25) is 0 Å². The van der Waals surface area contributed by atoms with Crippen LogP contribution in [-0.4, -0.2) is 9.91 Å². The van der Waals surface area contributed by atoms with Crippen molar-refractivity contribution in [2.45, 2.75) is 12.8 Å². The summed E-state index contributed by atoms with van der Waals surface area (Å²) in [4.78, 5) is 13.4. The molecule has 0 spiro atoms. The molecule has 0 amide bonds. The number of hydrogen-bond donors (Lipinski definition) is 0. The lowest BCUT2D eigenvalue weighted by Crippen LogP contribution is -2.03. The normalized spacial score (nSPS) is 10.2. The van der Waals surface area contributed by atoms with Crippen LogP contribution in [0.3, 0.4) is 0 Å². The first-order chi connectivity index (χ1) is 7.47. The molecule has 1 heterocycles. The van der Waals surface area contributed by atoms with Crippen molar-refractivity contribution in [2.24, 2.45) is 0 Å². The van der Waals surface area contributed by atoms with Crippen LogP contribution < -0.4 is 0 Å². The van der Waals surface area contributed by atoms with E-state index in [1.54, 1.807) is 6.07 Å². The Morgan fingerprint density at radius 1 is 1.69 bits per heavy atom. The highest BCUT2D eigenvalue weighted by atomic mass is 127. The van der Waals surface area contributed by atoms with Crippen LogP contribution in [0.25, 0.3) is 0 Å². The fourth-order valence-electron chi connectivity index (χ4n) is 1.10. The van der Waals surface area contributed by atoms with Crippen molar-refractivity contribution in [1.82, 2.24) is 4.98 Å². The van der Waals surface area contributed by atoms with E-state index in [1.165, 1.54) is 22.6 Å². The predicted octanol–water partition coefficient (Wildman–Crippen LogP) is 2.60. The monoisotopic (exact) mass is 339 g/mol. The first-order valence-corrected chi connectivity index (χ1v) is 5.04. The number of hydrogen-bond acceptors (Lipinski definition) is 4. The van der Waals surface area contributed by atoms with Crippen LogP contribution >= 0.6 is 22.6 Å². The highest BCUT2D eigenvalue weighted by molar-refractivity contribution is 14.1. The molecular weight excluding hydrogens is 335 g/mol. The van der Waals surface area contributed by atoms with Gasteiger partial charge in [0.05, 0.1) is 23.1 Å². The molecule has 0 bridgehead atoms. The molecule has 0 saturated carbocycles. The first kappa shape index (κ1) is 12.7. The number of nitrogens with zero attached hydrogens (tertiary/aromatic N) is 3. The van der Waals surface area contributed by atoms with Gasteiger partial charge in [-0.05, 0) is 28.7 Å². The van der Waals surface area contributed by atoms with E-state index < -0.39 is 22.6 Å². The zero-order chi connectivity index (χ0) is 12.3. The molecule has 8 heteroatoms. The largest absolute Gasteiger partial charge is 0.309 e. The molecule has 16 heavy (non-hydrogen) atoms. The number of nitro groups is 1. The van der Waals surface area contributed by atoms with Crippen molar-refractivity contribution >= 4 is 28.3 Å². The number of pyridine rings is 1. The van der Waals surface area contributed by atoms with E-state index in [1.807, 2.05) is 0 Å². The summed E-state index contributed by atoms with van der Waals surface area (Å²) in [6.07, 6.45) is -3.12. The van der Waals surface area contributed by atoms with Crippen LogP contribution in [0.4, 0.5) is 14.5 Å². The maximum absolute atomic E-state index is 12.6. The number of halogens is 3. The van der Waals surface area contributed by atoms with Crippen molar-refractivity contribution in [3.8, 4) is 6.07 Å². The van der Waals surface area contributed by atoms with Gasteiger partial charge < -0.3 is 0 Å². The van der Waals surface area contributed by atoms with Crippen LogP contribution in [0.1, 0.15) is 17.7 Å². The van der Waals surface area contributed by atoms with Gasteiger partial charge in [-0.3, -0.25) is 10.1 Å². The molecule has 0 fully saturated rings. The van der Waals surface area contributed by atoms with Gasteiger partial charge in [0.25, 0.3) is 6.43 Å². The Kier molecular flexibility index (Phi) is 4.05. The quantitative estimate of drug-likeness (QED) is 0.367. The second kappa shape index (κ2) is 5.11. The lowest BCUT2D eigenvalue weighted by Gasteiger charge is -2.04. The maximum Gasteiger partial charge on any atom is 0.309 e. The molecule has 0 unspecified atom stereocenters. The Bertz CT molecular complexity index is 473. The number of aromatic nitrogens is 1. The lowest BCUT2D eigenvalue weighted by molar-refractivity contribution is -0.387. The minimum Gasteiger partial charge on any atom is -0.258 e. The molecule has 1 rings (SSSR count). The Morgan fingerprint density at radius 2 is 2.31 bits per heavy atom. The first-order valence-electron chi connectivity index (χ1n) is 3.96. The molecule has 0 aliphatic carbocycles. The topological polar surface area (TPSA) is 79.8 Å². The van der Waals surface area contributed by atoms with E-state index in [2.05, 4.69) is 4.98 Å². The van der Waals surface area contributed by atoms with Gasteiger partial charge in [0, 0.05) is 0 Å². The fraction of sp³-hybridized carbons (Fsp3) is 0.250. The summed E-state index contributed by atoms with van der Waals surface area (Å²) in [5.74, 6) is 0. The van der Waals surface area contributed by atoms with Crippen molar-refractivity contribution in [3.63, 3.8) is 0 Å². The molecule has 0 atom stereocenters. The van der Waals surface area contributed by atoms with E-state index in [0.717, 1.165) is 6.07 Å². The zero-order valence-corrected chi connectivity index (χ0v) is 9.81. The van der Waals surface area contributed by atoms with Crippen molar-refractivity contribution < 1.29 is 13.7 Å². The van der Waals surface area contributed by atoms with Gasteiger partial charge in [-0.1, -0.05) is 0 Å². The van der Waals surface area contributed by atoms with Gasteiger partial charge in [-0.25, -0.2) is 13.8 Å². The third-order valence-electron chi connectivity index (χ3n) is 1.71. The molecule has 84 valence electrons. The fourth-order valence-corrected chi connectivity index (χ4v) is 1.92. The summed E-state index contributed by atoms with van der Waals surface area (Å²) < 4.78 is 25.0. The zero-order valence-electron chi connectivity index (χ0n) is 7.65. The summed E-state index contributed by atoms with van der Waals surface area (Å²) >= 11 is 1.50. The minimum atomic E-state index is -2.96. The molecular formula is C8H4F2IN3O2. The molecule has 0 aliphatic rings. The van der Waals surface area contributed by atoms with Crippen LogP contribution in [0.15, 0.2) is 6.07 Å². The van der Waals surface area contributed by atoms with E-state index in [-0.39, 0.29) is 15.8 Å².